The number of carboxylic acids is 1. The summed E-state index contributed by atoms with van der Waals surface area (Å²) in [5.41, 5.74) is 2.92. The number of ether oxygens (including phenoxy) is 1. The first kappa shape index (κ1) is 42.7. The smallest absolute Gasteiger partial charge is 0.309 e. The molecule has 1 aromatic rings. The Balaban J connectivity index is 1.22. The highest BCUT2D eigenvalue weighted by Crippen LogP contribution is 2.72. The van der Waals surface area contributed by atoms with E-state index >= 15 is 0 Å². The number of Topliss-reactive ketones (excluding diaryl/α,β-unsaturated/α-hetero) is 1. The van der Waals surface area contributed by atoms with Crippen LogP contribution in [0.25, 0.3) is 0 Å². The van der Waals surface area contributed by atoms with Crippen molar-refractivity contribution < 1.29 is 24.2 Å². The molecule has 0 heterocycles. The van der Waals surface area contributed by atoms with Crippen molar-refractivity contribution in [3.63, 3.8) is 0 Å². The van der Waals surface area contributed by atoms with Gasteiger partial charge >= 0.3 is 11.9 Å². The number of nitrogens with zero attached hydrogens (tertiary/aromatic N) is 2. The second-order valence-electron chi connectivity index (χ2n) is 20.3. The Bertz CT molecular complexity index is 1670. The number of fused-ring (bicyclic) bond motifs is 7. The fourth-order valence-electron chi connectivity index (χ4n) is 13.0. The molecule has 306 valence electrons. The first-order chi connectivity index (χ1) is 25.7. The normalized spacial score (nSPS) is 34.8. The summed E-state index contributed by atoms with van der Waals surface area (Å²) >= 11 is 13.0. The van der Waals surface area contributed by atoms with Crippen LogP contribution in [-0.4, -0.2) is 72.5 Å². The molecule has 0 radical (unpaired) electrons. The van der Waals surface area contributed by atoms with E-state index in [4.69, 9.17) is 27.9 Å². The summed E-state index contributed by atoms with van der Waals surface area (Å²) in [5, 5.41) is 10.9. The molecule has 0 amide bonds. The quantitative estimate of drug-likeness (QED) is 0.199. The minimum absolute atomic E-state index is 0.0754. The Morgan fingerprint density at radius 2 is 1.64 bits per heavy atom. The minimum atomic E-state index is -1.14. The van der Waals surface area contributed by atoms with Gasteiger partial charge in [-0.15, -0.1) is 0 Å². The number of likely N-dealkylation sites (N-methyl/N-ethyl adjacent to an activating group) is 1. The van der Waals surface area contributed by atoms with Gasteiger partial charge in [0, 0.05) is 41.5 Å². The monoisotopic (exact) mass is 798 g/mol. The third kappa shape index (κ3) is 8.08. The van der Waals surface area contributed by atoms with Gasteiger partial charge in [0.05, 0.1) is 11.8 Å². The number of allylic oxidation sites excluding steroid dienone is 2. The van der Waals surface area contributed by atoms with Gasteiger partial charge in [-0.3, -0.25) is 19.3 Å². The van der Waals surface area contributed by atoms with Gasteiger partial charge in [0.2, 0.25) is 0 Å². The Kier molecular flexibility index (Phi) is 12.4. The third-order valence-corrected chi connectivity index (χ3v) is 16.5. The van der Waals surface area contributed by atoms with E-state index in [2.05, 4.69) is 64.6 Å². The Labute approximate surface area is 341 Å². The number of halogens is 2. The summed E-state index contributed by atoms with van der Waals surface area (Å²) in [6, 6.07) is 5.82. The molecular weight excluding hydrogens is 731 g/mol. The van der Waals surface area contributed by atoms with Gasteiger partial charge in [-0.25, -0.2) is 0 Å². The van der Waals surface area contributed by atoms with Crippen molar-refractivity contribution in [2.45, 2.75) is 132 Å². The number of rotatable bonds is 13. The zero-order valence-corrected chi connectivity index (χ0v) is 36.6. The van der Waals surface area contributed by atoms with Crippen molar-refractivity contribution in [2.24, 2.45) is 57.2 Å². The molecule has 6 rings (SSSR count). The first-order valence-electron chi connectivity index (χ1n) is 21.2. The van der Waals surface area contributed by atoms with E-state index < -0.39 is 17.4 Å². The van der Waals surface area contributed by atoms with Crippen LogP contribution in [0.4, 0.5) is 0 Å². The highest BCUT2D eigenvalue weighted by atomic mass is 35.5. The predicted molar refractivity (Wildman–Crippen MR) is 221 cm³/mol. The first-order valence-corrected chi connectivity index (χ1v) is 22.0. The zero-order chi connectivity index (χ0) is 40.2. The number of ketones is 1. The summed E-state index contributed by atoms with van der Waals surface area (Å²) in [6.07, 6.45) is 10.1. The van der Waals surface area contributed by atoms with Crippen LogP contribution < -0.4 is 0 Å². The number of hydrogen-bond acceptors (Lipinski definition) is 6. The molecule has 5 aliphatic rings. The molecule has 1 N–H and O–H groups in total. The summed E-state index contributed by atoms with van der Waals surface area (Å²) in [5.74, 6) is 1.54. The number of carbonyl (C=O) groups excluding carboxylic acids is 2. The Hall–Kier alpha value is -1.93. The molecule has 9 heteroatoms. The van der Waals surface area contributed by atoms with E-state index in [1.54, 1.807) is 19.4 Å². The molecule has 1 aromatic carbocycles. The molecule has 55 heavy (non-hydrogen) atoms. The van der Waals surface area contributed by atoms with Gasteiger partial charge in [-0.2, -0.15) is 0 Å². The largest absolute Gasteiger partial charge is 0.481 e. The fourth-order valence-corrected chi connectivity index (χ4v) is 13.5. The lowest BCUT2D eigenvalue weighted by Gasteiger charge is -2.67. The maximum absolute atomic E-state index is 14.2. The van der Waals surface area contributed by atoms with Crippen molar-refractivity contribution in [1.82, 2.24) is 9.80 Å². The number of aliphatic carboxylic acids is 1. The van der Waals surface area contributed by atoms with E-state index in [1.807, 2.05) is 12.1 Å². The topological polar surface area (TPSA) is 87.2 Å². The highest BCUT2D eigenvalue weighted by Gasteiger charge is 2.65. The van der Waals surface area contributed by atoms with E-state index in [9.17, 15) is 19.5 Å². The maximum Gasteiger partial charge on any atom is 0.309 e. The fraction of sp³-hybridized carbons (Fsp3) is 0.761. The maximum atomic E-state index is 14.2. The number of carboxylic acid groups (broad SMARTS) is 1. The molecule has 7 nitrogen and oxygen atoms in total. The van der Waals surface area contributed by atoms with Gasteiger partial charge in [0.15, 0.2) is 5.78 Å². The van der Waals surface area contributed by atoms with Gasteiger partial charge in [-0.1, -0.05) is 69.5 Å². The van der Waals surface area contributed by atoms with Crippen LogP contribution in [0.15, 0.2) is 29.3 Å². The predicted octanol–water partition coefficient (Wildman–Crippen LogP) is 10.4. The molecule has 9 atom stereocenters. The molecule has 9 unspecified atom stereocenters. The standard InChI is InChI=1S/C46H68Cl2N2O5/c1-28(2)40-36(51)25-46(20-21-50(23-22-49(8)9)27-30-10-11-31(47)24-35(30)48)19-15-34-32(41(40)46)12-13-38-44(6)18-16-37(29(3)33(44)14-17-45(34,38)7)55-39(52)26-43(4,5)42(53)54/h10-11,24,28-29,32-34,37-38H,12-23,25-27H2,1-9H3,(H,53,54). The van der Waals surface area contributed by atoms with Crippen molar-refractivity contribution in [3.8, 4) is 0 Å². The van der Waals surface area contributed by atoms with Crippen LogP contribution in [-0.2, 0) is 25.7 Å². The summed E-state index contributed by atoms with van der Waals surface area (Å²) < 4.78 is 6.09. The van der Waals surface area contributed by atoms with Gasteiger partial charge in [-0.05, 0) is 162 Å². The second-order valence-corrected chi connectivity index (χ2v) is 21.1. The molecule has 5 aliphatic carbocycles. The van der Waals surface area contributed by atoms with Gasteiger partial charge < -0.3 is 14.7 Å². The van der Waals surface area contributed by atoms with E-state index in [-0.39, 0.29) is 40.6 Å². The van der Waals surface area contributed by atoms with Crippen LogP contribution in [0.1, 0.15) is 125 Å². The van der Waals surface area contributed by atoms with Crippen molar-refractivity contribution in [3.05, 3.63) is 45.0 Å². The van der Waals surface area contributed by atoms with Crippen molar-refractivity contribution >= 4 is 40.9 Å². The second kappa shape index (κ2) is 16.0. The third-order valence-electron chi connectivity index (χ3n) is 15.9. The lowest BCUT2D eigenvalue weighted by Crippen LogP contribution is -2.60. The van der Waals surface area contributed by atoms with Crippen molar-refractivity contribution in [2.75, 3.05) is 33.7 Å². The summed E-state index contributed by atoms with van der Waals surface area (Å²) in [7, 11) is 4.24. The summed E-state index contributed by atoms with van der Waals surface area (Å²) in [4.78, 5) is 43.6. The van der Waals surface area contributed by atoms with E-state index in [1.165, 1.54) is 19.3 Å². The minimum Gasteiger partial charge on any atom is -0.481 e. The lowest BCUT2D eigenvalue weighted by atomic mass is 9.38. The molecule has 0 spiro atoms. The molecule has 0 aromatic heterocycles. The van der Waals surface area contributed by atoms with E-state index in [0.29, 0.717) is 45.9 Å². The number of carbonyl (C=O) groups is 3. The number of hydrogen-bond donors (Lipinski definition) is 1. The van der Waals surface area contributed by atoms with Gasteiger partial charge in [0.1, 0.15) is 6.10 Å². The van der Waals surface area contributed by atoms with Crippen molar-refractivity contribution in [1.29, 1.82) is 0 Å². The SMILES string of the molecule is CC(C)C1=C2C3CCC4C(C)(CCC5C(C)C(OC(=O)CC(C)(C)C(=O)O)CCC54C)C3CCC2(CCN(CCN(C)C)Cc2ccc(Cl)cc2Cl)CC1=O. The number of esters is 1. The molecular formula is C46H68Cl2N2O5. The van der Waals surface area contributed by atoms with Crippen LogP contribution in [0.3, 0.4) is 0 Å². The Morgan fingerprint density at radius 1 is 0.964 bits per heavy atom. The zero-order valence-electron chi connectivity index (χ0n) is 35.1. The average Bonchev–Trinajstić information content (AvgIpc) is 3.40. The summed E-state index contributed by atoms with van der Waals surface area (Å²) in [6.45, 7) is 18.6. The highest BCUT2D eigenvalue weighted by molar-refractivity contribution is 6.35. The molecule has 0 saturated heterocycles. The molecule has 0 bridgehead atoms. The average molecular weight is 800 g/mol. The van der Waals surface area contributed by atoms with Crippen LogP contribution in [0.5, 0.6) is 0 Å². The van der Waals surface area contributed by atoms with Crippen LogP contribution in [0.2, 0.25) is 10.0 Å². The molecule has 0 aliphatic heterocycles. The van der Waals surface area contributed by atoms with Crippen LogP contribution >= 0.6 is 23.2 Å². The lowest BCUT2D eigenvalue weighted by molar-refractivity contribution is -0.192. The molecule has 4 fully saturated rings. The van der Waals surface area contributed by atoms with Crippen LogP contribution in [0, 0.1) is 57.2 Å². The van der Waals surface area contributed by atoms with Gasteiger partial charge in [0.25, 0.3) is 0 Å². The number of benzene rings is 1. The Morgan fingerprint density at radius 3 is 2.29 bits per heavy atom. The molecule has 4 saturated carbocycles. The van der Waals surface area contributed by atoms with E-state index in [0.717, 1.165) is 75.8 Å².